The fraction of sp³-hybridized carbons (Fsp3) is 0.562. The second-order valence-corrected chi connectivity index (χ2v) is 6.07. The molecule has 2 atom stereocenters. The van der Waals surface area contributed by atoms with E-state index in [1.54, 1.807) is 18.2 Å². The molecule has 3 rings (SSSR count). The molecule has 0 aromatic heterocycles. The topological polar surface area (TPSA) is 20.3 Å². The van der Waals surface area contributed by atoms with Crippen molar-refractivity contribution in [1.29, 1.82) is 0 Å². The van der Waals surface area contributed by atoms with E-state index in [9.17, 15) is 4.79 Å². The van der Waals surface area contributed by atoms with Gasteiger partial charge in [-0.3, -0.25) is 4.79 Å². The molecular weight excluding hydrogens is 258 g/mol. The maximum atomic E-state index is 12.7. The number of hydrogen-bond acceptors (Lipinski definition) is 1. The van der Waals surface area contributed by atoms with Crippen LogP contribution in [0.25, 0.3) is 0 Å². The minimum atomic E-state index is 0.107. The third kappa shape index (κ3) is 2.51. The molecule has 1 aliphatic carbocycles. The second kappa shape index (κ2) is 5.54. The van der Waals surface area contributed by atoms with Gasteiger partial charge in [0.2, 0.25) is 0 Å². The van der Waals surface area contributed by atoms with Gasteiger partial charge in [-0.1, -0.05) is 30.5 Å². The summed E-state index contributed by atoms with van der Waals surface area (Å²) in [5.41, 5.74) is 0.631. The summed E-state index contributed by atoms with van der Waals surface area (Å²) in [5, 5.41) is 0.519. The van der Waals surface area contributed by atoms with Crippen molar-refractivity contribution in [3.8, 4) is 0 Å². The average molecular weight is 277 g/mol. The lowest BCUT2D eigenvalue weighted by molar-refractivity contribution is 0.0391. The number of likely N-dealkylation sites (tertiary alicyclic amines) is 1. The van der Waals surface area contributed by atoms with Crippen LogP contribution in [0.3, 0.4) is 0 Å². The number of hydrogen-bond donors (Lipinski definition) is 0. The zero-order valence-corrected chi connectivity index (χ0v) is 11.8. The number of amides is 1. The Kier molecular flexibility index (Phi) is 3.79. The SMILES string of the molecule is O=C(c1cc[c]cc1Cl)N1CCCC2CCCCC21. The van der Waals surface area contributed by atoms with Crippen LogP contribution >= 0.6 is 11.6 Å². The molecule has 2 aliphatic rings. The first-order valence-electron chi connectivity index (χ1n) is 7.24. The van der Waals surface area contributed by atoms with E-state index < -0.39 is 0 Å². The number of piperidine rings is 1. The normalized spacial score (nSPS) is 26.9. The van der Waals surface area contributed by atoms with E-state index in [4.69, 9.17) is 11.6 Å². The summed E-state index contributed by atoms with van der Waals surface area (Å²) in [4.78, 5) is 14.8. The first-order chi connectivity index (χ1) is 9.27. The monoisotopic (exact) mass is 276 g/mol. The van der Waals surface area contributed by atoms with Gasteiger partial charge in [-0.2, -0.15) is 0 Å². The van der Waals surface area contributed by atoms with Crippen molar-refractivity contribution >= 4 is 17.5 Å². The van der Waals surface area contributed by atoms with Gasteiger partial charge in [-0.25, -0.2) is 0 Å². The summed E-state index contributed by atoms with van der Waals surface area (Å²) in [5.74, 6) is 0.816. The van der Waals surface area contributed by atoms with Gasteiger partial charge < -0.3 is 4.90 Å². The van der Waals surface area contributed by atoms with E-state index in [1.807, 2.05) is 0 Å². The van der Waals surface area contributed by atoms with Gasteiger partial charge in [0.05, 0.1) is 10.6 Å². The highest BCUT2D eigenvalue weighted by Gasteiger charge is 2.36. The molecule has 1 heterocycles. The molecule has 1 amide bonds. The molecule has 2 unspecified atom stereocenters. The van der Waals surface area contributed by atoms with Crippen LogP contribution in [0.4, 0.5) is 0 Å². The Balaban J connectivity index is 1.84. The summed E-state index contributed by atoms with van der Waals surface area (Å²) in [6.45, 7) is 0.884. The Morgan fingerprint density at radius 1 is 1.26 bits per heavy atom. The molecule has 1 aromatic carbocycles. The maximum absolute atomic E-state index is 12.7. The van der Waals surface area contributed by atoms with Gasteiger partial charge in [0.1, 0.15) is 0 Å². The third-order valence-corrected chi connectivity index (χ3v) is 4.86. The van der Waals surface area contributed by atoms with Crippen LogP contribution in [0.15, 0.2) is 18.2 Å². The van der Waals surface area contributed by atoms with Crippen molar-refractivity contribution in [2.45, 2.75) is 44.6 Å². The van der Waals surface area contributed by atoms with Gasteiger partial charge in [-0.15, -0.1) is 0 Å². The van der Waals surface area contributed by atoms with Crippen LogP contribution in [-0.4, -0.2) is 23.4 Å². The summed E-state index contributed by atoms with van der Waals surface area (Å²) in [6.07, 6.45) is 7.43. The fourth-order valence-corrected chi connectivity index (χ4v) is 3.82. The molecule has 1 aromatic rings. The van der Waals surface area contributed by atoms with Gasteiger partial charge in [0, 0.05) is 12.6 Å². The molecule has 2 fully saturated rings. The summed E-state index contributed by atoms with van der Waals surface area (Å²) in [7, 11) is 0. The van der Waals surface area contributed by atoms with Crippen LogP contribution in [0.1, 0.15) is 48.9 Å². The van der Waals surface area contributed by atoms with Crippen LogP contribution in [0.5, 0.6) is 0 Å². The van der Waals surface area contributed by atoms with E-state index >= 15 is 0 Å². The zero-order valence-electron chi connectivity index (χ0n) is 11.1. The summed E-state index contributed by atoms with van der Waals surface area (Å²) in [6, 6.07) is 8.58. The smallest absolute Gasteiger partial charge is 0.255 e. The van der Waals surface area contributed by atoms with E-state index in [0.29, 0.717) is 22.5 Å². The second-order valence-electron chi connectivity index (χ2n) is 5.66. The van der Waals surface area contributed by atoms with Crippen LogP contribution in [-0.2, 0) is 0 Å². The molecule has 0 bridgehead atoms. The number of carbonyl (C=O) groups excluding carboxylic acids is 1. The lowest BCUT2D eigenvalue weighted by Gasteiger charge is -2.44. The highest BCUT2D eigenvalue weighted by molar-refractivity contribution is 6.33. The maximum Gasteiger partial charge on any atom is 0.255 e. The number of benzene rings is 1. The number of fused-ring (bicyclic) bond motifs is 1. The van der Waals surface area contributed by atoms with Crippen molar-refractivity contribution in [2.75, 3.05) is 6.54 Å². The molecule has 3 heteroatoms. The highest BCUT2D eigenvalue weighted by Crippen LogP contribution is 2.36. The molecule has 1 saturated carbocycles. The van der Waals surface area contributed by atoms with E-state index in [-0.39, 0.29) is 5.91 Å². The van der Waals surface area contributed by atoms with E-state index in [2.05, 4.69) is 11.0 Å². The number of halogens is 1. The number of rotatable bonds is 1. The van der Waals surface area contributed by atoms with Crippen molar-refractivity contribution in [1.82, 2.24) is 4.90 Å². The lowest BCUT2D eigenvalue weighted by atomic mass is 9.78. The average Bonchev–Trinajstić information content (AvgIpc) is 2.46. The molecule has 1 aliphatic heterocycles. The van der Waals surface area contributed by atoms with Crippen LogP contribution < -0.4 is 0 Å². The van der Waals surface area contributed by atoms with Gasteiger partial charge >= 0.3 is 0 Å². The first kappa shape index (κ1) is 13.0. The lowest BCUT2D eigenvalue weighted by Crippen LogP contribution is -2.49. The van der Waals surface area contributed by atoms with Crippen molar-refractivity contribution in [3.63, 3.8) is 0 Å². The van der Waals surface area contributed by atoms with Crippen molar-refractivity contribution in [2.24, 2.45) is 5.92 Å². The van der Waals surface area contributed by atoms with Crippen molar-refractivity contribution in [3.05, 3.63) is 34.9 Å². The minimum Gasteiger partial charge on any atom is -0.335 e. The molecule has 1 saturated heterocycles. The Morgan fingerprint density at radius 2 is 2.05 bits per heavy atom. The predicted octanol–water partition coefficient (Wildman–Crippen LogP) is 3.93. The molecule has 101 valence electrons. The zero-order chi connectivity index (χ0) is 13.2. The largest absolute Gasteiger partial charge is 0.335 e. The Hall–Kier alpha value is -1.02. The molecule has 0 N–H and O–H groups in total. The molecular formula is C16H19ClNO. The van der Waals surface area contributed by atoms with Gasteiger partial charge in [0.15, 0.2) is 0 Å². The predicted molar refractivity (Wildman–Crippen MR) is 76.3 cm³/mol. The van der Waals surface area contributed by atoms with Gasteiger partial charge in [0.25, 0.3) is 5.91 Å². The summed E-state index contributed by atoms with van der Waals surface area (Å²) < 4.78 is 0. The fourth-order valence-electron chi connectivity index (χ4n) is 3.62. The third-order valence-electron chi connectivity index (χ3n) is 4.55. The van der Waals surface area contributed by atoms with Crippen LogP contribution in [0, 0.1) is 12.0 Å². The van der Waals surface area contributed by atoms with Crippen LogP contribution in [0.2, 0.25) is 5.02 Å². The molecule has 2 nitrogen and oxygen atoms in total. The van der Waals surface area contributed by atoms with E-state index in [0.717, 1.165) is 19.4 Å². The van der Waals surface area contributed by atoms with E-state index in [1.165, 1.54) is 25.7 Å². The number of carbonyl (C=O) groups is 1. The molecule has 1 radical (unpaired) electrons. The Bertz CT molecular complexity index is 472. The highest BCUT2D eigenvalue weighted by atomic mass is 35.5. The number of nitrogens with zero attached hydrogens (tertiary/aromatic N) is 1. The summed E-state index contributed by atoms with van der Waals surface area (Å²) >= 11 is 6.13. The standard InChI is InChI=1S/C16H19ClNO/c17-14-9-3-2-8-13(14)16(19)18-11-5-7-12-6-1-4-10-15(12)18/h2,8-9,12,15H,1,4-7,10-11H2. The molecule has 0 spiro atoms. The van der Waals surface area contributed by atoms with Gasteiger partial charge in [-0.05, 0) is 49.8 Å². The minimum absolute atomic E-state index is 0.107. The van der Waals surface area contributed by atoms with Crippen molar-refractivity contribution < 1.29 is 4.79 Å². The molecule has 19 heavy (non-hydrogen) atoms. The Morgan fingerprint density at radius 3 is 2.89 bits per heavy atom. The quantitative estimate of drug-likeness (QED) is 0.761. The first-order valence-corrected chi connectivity index (χ1v) is 7.62. The Labute approximate surface area is 119 Å².